The van der Waals surface area contributed by atoms with Gasteiger partial charge in [-0.05, 0) is 36.1 Å². The van der Waals surface area contributed by atoms with Gasteiger partial charge < -0.3 is 4.74 Å². The highest BCUT2D eigenvalue weighted by molar-refractivity contribution is 7.89. The van der Waals surface area contributed by atoms with E-state index in [1.807, 2.05) is 34.6 Å². The molecule has 4 nitrogen and oxygen atoms in total. The Morgan fingerprint density at radius 2 is 1.76 bits per heavy atom. The molecular formula is C16H27NO3S. The third-order valence-electron chi connectivity index (χ3n) is 3.41. The summed E-state index contributed by atoms with van der Waals surface area (Å²) < 4.78 is 32.4. The first-order valence-corrected chi connectivity index (χ1v) is 9.09. The van der Waals surface area contributed by atoms with Crippen molar-refractivity contribution in [3.63, 3.8) is 0 Å². The Labute approximate surface area is 129 Å². The van der Waals surface area contributed by atoms with Crippen LogP contribution in [0.15, 0.2) is 23.1 Å². The largest absolute Gasteiger partial charge is 0.493 e. The molecule has 0 N–H and O–H groups in total. The van der Waals surface area contributed by atoms with Crippen LogP contribution in [0.25, 0.3) is 0 Å². The van der Waals surface area contributed by atoms with E-state index < -0.39 is 10.0 Å². The zero-order valence-electron chi connectivity index (χ0n) is 13.7. The van der Waals surface area contributed by atoms with Gasteiger partial charge in [-0.25, -0.2) is 8.42 Å². The second-order valence-electron chi connectivity index (χ2n) is 5.29. The van der Waals surface area contributed by atoms with E-state index in [2.05, 4.69) is 0 Å². The molecule has 0 aliphatic heterocycles. The predicted molar refractivity (Wildman–Crippen MR) is 86.4 cm³/mol. The Bertz CT molecular complexity index is 549. The highest BCUT2D eigenvalue weighted by atomic mass is 32.2. The molecule has 120 valence electrons. The Morgan fingerprint density at radius 3 is 2.24 bits per heavy atom. The number of hydrogen-bond acceptors (Lipinski definition) is 3. The average molecular weight is 313 g/mol. The van der Waals surface area contributed by atoms with E-state index in [1.54, 1.807) is 18.2 Å². The summed E-state index contributed by atoms with van der Waals surface area (Å²) in [6, 6.07) is 5.18. The maximum absolute atomic E-state index is 12.6. The van der Waals surface area contributed by atoms with Crippen LogP contribution in [0.4, 0.5) is 0 Å². The van der Waals surface area contributed by atoms with Gasteiger partial charge in [-0.3, -0.25) is 0 Å². The van der Waals surface area contributed by atoms with E-state index in [0.29, 0.717) is 24.6 Å². The molecule has 1 aromatic carbocycles. The molecule has 0 unspecified atom stereocenters. The molecule has 1 rings (SSSR count). The third kappa shape index (κ3) is 4.20. The summed E-state index contributed by atoms with van der Waals surface area (Å²) >= 11 is 0. The second-order valence-corrected chi connectivity index (χ2v) is 7.23. The molecule has 21 heavy (non-hydrogen) atoms. The summed E-state index contributed by atoms with van der Waals surface area (Å²) in [6.07, 6.45) is 0.928. The zero-order chi connectivity index (χ0) is 16.0. The van der Waals surface area contributed by atoms with Gasteiger partial charge in [0.2, 0.25) is 10.0 Å². The van der Waals surface area contributed by atoms with Crippen LogP contribution in [0.1, 0.15) is 52.5 Å². The Kier molecular flexibility index (Phi) is 6.68. The van der Waals surface area contributed by atoms with E-state index in [9.17, 15) is 8.42 Å². The van der Waals surface area contributed by atoms with Gasteiger partial charge in [0.15, 0.2) is 0 Å². The SMILES string of the molecule is CCCOc1ccc(S(=O)(=O)N(CC)CC)cc1C(C)C. The molecule has 0 amide bonds. The van der Waals surface area contributed by atoms with Crippen LogP contribution in [0.2, 0.25) is 0 Å². The Morgan fingerprint density at radius 1 is 1.14 bits per heavy atom. The molecule has 0 aliphatic carbocycles. The summed E-state index contributed by atoms with van der Waals surface area (Å²) in [6.45, 7) is 11.4. The predicted octanol–water partition coefficient (Wildman–Crippen LogP) is 3.63. The van der Waals surface area contributed by atoms with Gasteiger partial charge in [-0.1, -0.05) is 34.6 Å². The van der Waals surface area contributed by atoms with Gasteiger partial charge >= 0.3 is 0 Å². The molecule has 1 aromatic rings. The van der Waals surface area contributed by atoms with Crippen molar-refractivity contribution in [3.05, 3.63) is 23.8 Å². The fourth-order valence-electron chi connectivity index (χ4n) is 2.19. The van der Waals surface area contributed by atoms with Crippen molar-refractivity contribution in [1.82, 2.24) is 4.31 Å². The van der Waals surface area contributed by atoms with Crippen molar-refractivity contribution in [2.75, 3.05) is 19.7 Å². The van der Waals surface area contributed by atoms with Crippen LogP contribution in [-0.2, 0) is 10.0 Å². The minimum Gasteiger partial charge on any atom is -0.493 e. The molecule has 0 bridgehead atoms. The first kappa shape index (κ1) is 18.0. The van der Waals surface area contributed by atoms with Gasteiger partial charge in [-0.15, -0.1) is 0 Å². The lowest BCUT2D eigenvalue weighted by Gasteiger charge is -2.20. The summed E-state index contributed by atoms with van der Waals surface area (Å²) in [5.74, 6) is 0.994. The molecule has 0 heterocycles. The van der Waals surface area contributed by atoms with Crippen molar-refractivity contribution in [2.45, 2.75) is 51.9 Å². The molecule has 0 fully saturated rings. The average Bonchev–Trinajstić information content (AvgIpc) is 2.45. The van der Waals surface area contributed by atoms with Crippen LogP contribution >= 0.6 is 0 Å². The number of nitrogens with zero attached hydrogens (tertiary/aromatic N) is 1. The fourth-order valence-corrected chi connectivity index (χ4v) is 3.69. The van der Waals surface area contributed by atoms with Crippen molar-refractivity contribution >= 4 is 10.0 Å². The third-order valence-corrected chi connectivity index (χ3v) is 5.45. The molecule has 0 radical (unpaired) electrons. The monoisotopic (exact) mass is 313 g/mol. The van der Waals surface area contributed by atoms with Crippen LogP contribution in [0.3, 0.4) is 0 Å². The van der Waals surface area contributed by atoms with E-state index in [-0.39, 0.29) is 5.92 Å². The van der Waals surface area contributed by atoms with Gasteiger partial charge in [0.1, 0.15) is 5.75 Å². The van der Waals surface area contributed by atoms with Crippen LogP contribution in [-0.4, -0.2) is 32.4 Å². The number of benzene rings is 1. The normalized spacial score (nSPS) is 12.1. The molecular weight excluding hydrogens is 286 g/mol. The highest BCUT2D eigenvalue weighted by Gasteiger charge is 2.23. The smallest absolute Gasteiger partial charge is 0.243 e. The lowest BCUT2D eigenvalue weighted by molar-refractivity contribution is 0.312. The maximum atomic E-state index is 12.6. The van der Waals surface area contributed by atoms with Gasteiger partial charge in [0, 0.05) is 13.1 Å². The summed E-state index contributed by atoms with van der Waals surface area (Å²) in [4.78, 5) is 0.346. The number of sulfonamides is 1. The maximum Gasteiger partial charge on any atom is 0.243 e. The first-order chi connectivity index (χ1) is 9.88. The number of rotatable bonds is 8. The fraction of sp³-hybridized carbons (Fsp3) is 0.625. The van der Waals surface area contributed by atoms with Crippen molar-refractivity contribution in [2.24, 2.45) is 0 Å². The molecule has 0 aromatic heterocycles. The molecule has 0 atom stereocenters. The van der Waals surface area contributed by atoms with Crippen molar-refractivity contribution < 1.29 is 13.2 Å². The molecule has 0 aliphatic rings. The van der Waals surface area contributed by atoms with Gasteiger partial charge in [0.05, 0.1) is 11.5 Å². The minimum absolute atomic E-state index is 0.212. The standard InChI is InChI=1S/C16H27NO3S/c1-6-11-20-16-10-9-14(12-15(16)13(4)5)21(18,19)17(7-2)8-3/h9-10,12-13H,6-8,11H2,1-5H3. The summed E-state index contributed by atoms with van der Waals surface area (Å²) in [7, 11) is -3.42. The van der Waals surface area contributed by atoms with E-state index in [0.717, 1.165) is 17.7 Å². The number of hydrogen-bond donors (Lipinski definition) is 0. The molecule has 0 saturated carbocycles. The molecule has 5 heteroatoms. The van der Waals surface area contributed by atoms with E-state index in [1.165, 1.54) is 4.31 Å². The molecule has 0 spiro atoms. The van der Waals surface area contributed by atoms with Crippen molar-refractivity contribution in [1.29, 1.82) is 0 Å². The van der Waals surface area contributed by atoms with Gasteiger partial charge in [-0.2, -0.15) is 4.31 Å². The van der Waals surface area contributed by atoms with Gasteiger partial charge in [0.25, 0.3) is 0 Å². The summed E-state index contributed by atoms with van der Waals surface area (Å²) in [5, 5.41) is 0. The first-order valence-electron chi connectivity index (χ1n) is 7.65. The summed E-state index contributed by atoms with van der Waals surface area (Å²) in [5.41, 5.74) is 0.941. The van der Waals surface area contributed by atoms with E-state index >= 15 is 0 Å². The lowest BCUT2D eigenvalue weighted by Crippen LogP contribution is -2.30. The highest BCUT2D eigenvalue weighted by Crippen LogP contribution is 2.30. The Hall–Kier alpha value is -1.07. The topological polar surface area (TPSA) is 46.6 Å². The molecule has 0 saturated heterocycles. The van der Waals surface area contributed by atoms with Crippen molar-refractivity contribution in [3.8, 4) is 5.75 Å². The number of ether oxygens (including phenoxy) is 1. The zero-order valence-corrected chi connectivity index (χ0v) is 14.5. The minimum atomic E-state index is -3.42. The quantitative estimate of drug-likeness (QED) is 0.736. The second kappa shape index (κ2) is 7.80. The van der Waals surface area contributed by atoms with E-state index in [4.69, 9.17) is 4.74 Å². The van der Waals surface area contributed by atoms with Crippen LogP contribution < -0.4 is 4.74 Å². The van der Waals surface area contributed by atoms with Crippen LogP contribution in [0.5, 0.6) is 5.75 Å². The van der Waals surface area contributed by atoms with Crippen LogP contribution in [0, 0.1) is 0 Å². The Balaban J connectivity index is 3.25. The lowest BCUT2D eigenvalue weighted by atomic mass is 10.0.